The van der Waals surface area contributed by atoms with Gasteiger partial charge in [-0.1, -0.05) is 15.9 Å². The lowest BCUT2D eigenvalue weighted by atomic mass is 10.0. The summed E-state index contributed by atoms with van der Waals surface area (Å²) in [5, 5.41) is 19.3. The molecule has 0 saturated heterocycles. The molecule has 1 aromatic rings. The van der Waals surface area contributed by atoms with Crippen molar-refractivity contribution in [3.8, 4) is 5.75 Å². The van der Waals surface area contributed by atoms with Crippen LogP contribution in [0.2, 0.25) is 0 Å². The van der Waals surface area contributed by atoms with E-state index in [0.29, 0.717) is 5.56 Å². The topological polar surface area (TPSA) is 66.5 Å². The predicted molar refractivity (Wildman–Crippen MR) is 59.3 cm³/mol. The zero-order chi connectivity index (χ0) is 10.9. The second-order valence-electron chi connectivity index (χ2n) is 3.30. The van der Waals surface area contributed by atoms with E-state index < -0.39 is 6.10 Å². The first-order valence-electron chi connectivity index (χ1n) is 4.35. The number of benzene rings is 1. The number of hydrogen-bond acceptors (Lipinski definition) is 3. The number of phenols is 1. The largest absolute Gasteiger partial charge is 0.507 e. The van der Waals surface area contributed by atoms with Crippen LogP contribution in [-0.2, 0) is 0 Å². The molecule has 0 spiro atoms. The van der Waals surface area contributed by atoms with Crippen molar-refractivity contribution in [3.63, 3.8) is 0 Å². The standard InChI is InChI=1S/C10H14BrNO2/c1-5-6(2)10(14)7(3-8(5)11)9(13)4-12/h3,9,13-14H,4,12H2,1-2H3. The van der Waals surface area contributed by atoms with Gasteiger partial charge in [-0.25, -0.2) is 0 Å². The average molecular weight is 260 g/mol. The second-order valence-corrected chi connectivity index (χ2v) is 4.15. The Balaban J connectivity index is 3.33. The highest BCUT2D eigenvalue weighted by atomic mass is 79.9. The van der Waals surface area contributed by atoms with Crippen molar-refractivity contribution < 1.29 is 10.2 Å². The Morgan fingerprint density at radius 1 is 1.43 bits per heavy atom. The molecule has 0 fully saturated rings. The van der Waals surface area contributed by atoms with Crippen LogP contribution >= 0.6 is 15.9 Å². The molecule has 4 heteroatoms. The van der Waals surface area contributed by atoms with E-state index in [1.165, 1.54) is 0 Å². The number of aliphatic hydroxyl groups excluding tert-OH is 1. The van der Waals surface area contributed by atoms with E-state index in [2.05, 4.69) is 15.9 Å². The Bertz CT molecular complexity index is 352. The fourth-order valence-electron chi connectivity index (χ4n) is 1.27. The van der Waals surface area contributed by atoms with Gasteiger partial charge in [-0.3, -0.25) is 0 Å². The van der Waals surface area contributed by atoms with Crippen molar-refractivity contribution in [3.05, 3.63) is 27.2 Å². The first-order chi connectivity index (χ1) is 6.49. The molecule has 1 unspecified atom stereocenters. The summed E-state index contributed by atoms with van der Waals surface area (Å²) in [6.07, 6.45) is -0.814. The maximum atomic E-state index is 9.77. The summed E-state index contributed by atoms with van der Waals surface area (Å²) in [5.41, 5.74) is 7.54. The van der Waals surface area contributed by atoms with Crippen molar-refractivity contribution in [1.82, 2.24) is 0 Å². The highest BCUT2D eigenvalue weighted by Crippen LogP contribution is 2.34. The molecule has 14 heavy (non-hydrogen) atoms. The minimum absolute atomic E-state index is 0.0997. The van der Waals surface area contributed by atoms with E-state index in [0.717, 1.165) is 15.6 Å². The first kappa shape index (κ1) is 11.5. The van der Waals surface area contributed by atoms with Crippen molar-refractivity contribution in [2.45, 2.75) is 20.0 Å². The SMILES string of the molecule is Cc1c(Br)cc(C(O)CN)c(O)c1C. The third-order valence-electron chi connectivity index (χ3n) is 2.41. The van der Waals surface area contributed by atoms with Gasteiger partial charge in [0.05, 0.1) is 6.10 Å². The third-order valence-corrected chi connectivity index (χ3v) is 3.24. The van der Waals surface area contributed by atoms with Gasteiger partial charge >= 0.3 is 0 Å². The summed E-state index contributed by atoms with van der Waals surface area (Å²) in [4.78, 5) is 0. The van der Waals surface area contributed by atoms with Crippen LogP contribution in [0.4, 0.5) is 0 Å². The highest BCUT2D eigenvalue weighted by molar-refractivity contribution is 9.10. The quantitative estimate of drug-likeness (QED) is 0.759. The summed E-state index contributed by atoms with van der Waals surface area (Å²) >= 11 is 3.37. The molecule has 0 saturated carbocycles. The summed E-state index contributed by atoms with van der Waals surface area (Å²) in [6, 6.07) is 1.70. The lowest BCUT2D eigenvalue weighted by molar-refractivity contribution is 0.182. The number of halogens is 1. The van der Waals surface area contributed by atoms with E-state index in [1.54, 1.807) is 6.07 Å². The summed E-state index contributed by atoms with van der Waals surface area (Å²) < 4.78 is 0.871. The van der Waals surface area contributed by atoms with Crippen LogP contribution in [0, 0.1) is 13.8 Å². The highest BCUT2D eigenvalue weighted by Gasteiger charge is 2.15. The van der Waals surface area contributed by atoms with Gasteiger partial charge in [0.2, 0.25) is 0 Å². The van der Waals surface area contributed by atoms with Gasteiger partial charge in [-0.05, 0) is 31.0 Å². The zero-order valence-electron chi connectivity index (χ0n) is 8.21. The molecule has 0 radical (unpaired) electrons. The Morgan fingerprint density at radius 3 is 2.50 bits per heavy atom. The number of nitrogens with two attached hydrogens (primary N) is 1. The van der Waals surface area contributed by atoms with Gasteiger partial charge in [0.25, 0.3) is 0 Å². The number of aromatic hydroxyl groups is 1. The molecule has 0 aliphatic rings. The van der Waals surface area contributed by atoms with Gasteiger partial charge in [0, 0.05) is 16.6 Å². The van der Waals surface area contributed by atoms with Crippen LogP contribution in [0.1, 0.15) is 22.8 Å². The average Bonchev–Trinajstić information content (AvgIpc) is 2.19. The molecule has 78 valence electrons. The minimum Gasteiger partial charge on any atom is -0.507 e. The van der Waals surface area contributed by atoms with E-state index in [9.17, 15) is 10.2 Å². The lowest BCUT2D eigenvalue weighted by Gasteiger charge is -2.15. The molecule has 3 nitrogen and oxygen atoms in total. The fourth-order valence-corrected chi connectivity index (χ4v) is 1.81. The number of phenolic OH excluding ortho intramolecular Hbond substituents is 1. The minimum atomic E-state index is -0.814. The lowest BCUT2D eigenvalue weighted by Crippen LogP contribution is -2.12. The number of aliphatic hydroxyl groups is 1. The van der Waals surface area contributed by atoms with Crippen LogP contribution in [0.25, 0.3) is 0 Å². The Hall–Kier alpha value is -0.580. The molecular formula is C10H14BrNO2. The van der Waals surface area contributed by atoms with Crippen molar-refractivity contribution in [2.75, 3.05) is 6.54 Å². The van der Waals surface area contributed by atoms with Crippen LogP contribution in [0.15, 0.2) is 10.5 Å². The van der Waals surface area contributed by atoms with Gasteiger partial charge < -0.3 is 15.9 Å². The van der Waals surface area contributed by atoms with Gasteiger partial charge in [0.1, 0.15) is 5.75 Å². The predicted octanol–water partition coefficient (Wildman–Crippen LogP) is 1.76. The van der Waals surface area contributed by atoms with Gasteiger partial charge in [-0.15, -0.1) is 0 Å². The normalized spacial score (nSPS) is 12.9. The van der Waals surface area contributed by atoms with Crippen LogP contribution in [-0.4, -0.2) is 16.8 Å². The van der Waals surface area contributed by atoms with E-state index in [1.807, 2.05) is 13.8 Å². The molecule has 0 aromatic heterocycles. The van der Waals surface area contributed by atoms with E-state index in [-0.39, 0.29) is 12.3 Å². The Labute approximate surface area is 91.7 Å². The Kier molecular flexibility index (Phi) is 3.53. The molecular weight excluding hydrogens is 246 g/mol. The maximum Gasteiger partial charge on any atom is 0.124 e. The van der Waals surface area contributed by atoms with Crippen molar-refractivity contribution in [1.29, 1.82) is 0 Å². The second kappa shape index (κ2) is 4.29. The molecule has 0 heterocycles. The van der Waals surface area contributed by atoms with Crippen LogP contribution < -0.4 is 5.73 Å². The van der Waals surface area contributed by atoms with Gasteiger partial charge in [0.15, 0.2) is 0 Å². The molecule has 0 aliphatic carbocycles. The molecule has 1 aromatic carbocycles. The first-order valence-corrected chi connectivity index (χ1v) is 5.15. The monoisotopic (exact) mass is 259 g/mol. The Morgan fingerprint density at radius 2 is 2.00 bits per heavy atom. The smallest absolute Gasteiger partial charge is 0.124 e. The maximum absolute atomic E-state index is 9.77. The van der Waals surface area contributed by atoms with E-state index >= 15 is 0 Å². The molecule has 0 aliphatic heterocycles. The number of rotatable bonds is 2. The zero-order valence-corrected chi connectivity index (χ0v) is 9.80. The van der Waals surface area contributed by atoms with Crippen LogP contribution in [0.5, 0.6) is 5.75 Å². The molecule has 4 N–H and O–H groups in total. The molecule has 1 rings (SSSR count). The van der Waals surface area contributed by atoms with Crippen molar-refractivity contribution in [2.24, 2.45) is 5.73 Å². The van der Waals surface area contributed by atoms with Crippen LogP contribution in [0.3, 0.4) is 0 Å². The van der Waals surface area contributed by atoms with Crippen molar-refractivity contribution >= 4 is 15.9 Å². The fraction of sp³-hybridized carbons (Fsp3) is 0.400. The molecule has 0 amide bonds. The third kappa shape index (κ3) is 1.92. The van der Waals surface area contributed by atoms with Gasteiger partial charge in [-0.2, -0.15) is 0 Å². The van der Waals surface area contributed by atoms with E-state index in [4.69, 9.17) is 5.73 Å². The summed E-state index contributed by atoms with van der Waals surface area (Å²) in [7, 11) is 0. The molecule has 0 bridgehead atoms. The number of hydrogen-bond donors (Lipinski definition) is 3. The summed E-state index contributed by atoms with van der Waals surface area (Å²) in [5.74, 6) is 0.128. The summed E-state index contributed by atoms with van der Waals surface area (Å²) in [6.45, 7) is 3.81. The molecule has 1 atom stereocenters.